The molecule has 9 aromatic rings. The number of phenolic OH excluding ortho intramolecular Hbond substituents is 1. The minimum Gasteiger partial charge on any atom is -0.507 e. The number of aromatic hydroxyl groups is 1. The molecular formula is C61H59N3O. The summed E-state index contributed by atoms with van der Waals surface area (Å²) in [7, 11) is 0. The molecule has 0 saturated carbocycles. The number of pyridine rings is 1. The first-order valence-electron chi connectivity index (χ1n) is 23.2. The molecule has 2 aromatic heterocycles. The average molecular weight is 851 g/mol. The molecule has 0 atom stereocenters. The maximum absolute atomic E-state index is 11.8. The Labute approximate surface area is 386 Å². The standard InChI is InChI=1S/C61H59N3O/c1-38(2)52-37-48(27-28-50(52)51-19-14-15-21-54(51)61(8,9)10)64-56-22-16-20-49(57(56)63-59(64)53-32-39(3)31-40(4)58(53)65)45-33-46(35-47(34-45)60(5,6)7)55-36-44(29-30-62-55)43-25-23-42(24-26-43)41-17-12-11-13-18-41/h11-38,65H,1-10H3/i38D. The van der Waals surface area contributed by atoms with Crippen molar-refractivity contribution in [2.45, 2.75) is 86.0 Å². The van der Waals surface area contributed by atoms with Crippen molar-refractivity contribution < 1.29 is 6.48 Å². The van der Waals surface area contributed by atoms with Crippen LogP contribution in [0.2, 0.25) is 0 Å². The van der Waals surface area contributed by atoms with Crippen molar-refractivity contribution in [2.24, 2.45) is 0 Å². The number of imidazole rings is 1. The zero-order valence-corrected chi connectivity index (χ0v) is 39.4. The molecule has 4 nitrogen and oxygen atoms in total. The van der Waals surface area contributed by atoms with Gasteiger partial charge in [-0.2, -0.15) is 0 Å². The highest BCUT2D eigenvalue weighted by atomic mass is 16.3. The highest BCUT2D eigenvalue weighted by Gasteiger charge is 2.25. The second-order valence-electron chi connectivity index (χ2n) is 19.9. The number of rotatable bonds is 8. The monoisotopic (exact) mass is 850 g/mol. The van der Waals surface area contributed by atoms with E-state index in [0.717, 1.165) is 78.0 Å². The van der Waals surface area contributed by atoms with Gasteiger partial charge in [0.15, 0.2) is 0 Å². The molecule has 1 N–H and O–H groups in total. The summed E-state index contributed by atoms with van der Waals surface area (Å²) in [6, 6.07) is 55.7. The highest BCUT2D eigenvalue weighted by Crippen LogP contribution is 2.43. The number of para-hydroxylation sites is 1. The van der Waals surface area contributed by atoms with Crippen LogP contribution >= 0.6 is 0 Å². The molecule has 0 bridgehead atoms. The third-order valence-corrected chi connectivity index (χ3v) is 12.7. The van der Waals surface area contributed by atoms with Crippen LogP contribution in [0.1, 0.15) is 90.5 Å². The summed E-state index contributed by atoms with van der Waals surface area (Å²) in [5.41, 5.74) is 18.9. The summed E-state index contributed by atoms with van der Waals surface area (Å²) in [6.07, 6.45) is 1.91. The van der Waals surface area contributed by atoms with Crippen LogP contribution in [0.4, 0.5) is 0 Å². The van der Waals surface area contributed by atoms with E-state index in [1.807, 2.05) is 45.2 Å². The molecule has 65 heavy (non-hydrogen) atoms. The Morgan fingerprint density at radius 1 is 0.554 bits per heavy atom. The number of aryl methyl sites for hydroxylation is 2. The molecular weight excluding hydrogens is 791 g/mol. The second kappa shape index (κ2) is 16.8. The molecule has 0 saturated heterocycles. The first-order chi connectivity index (χ1) is 31.3. The zero-order valence-electron chi connectivity index (χ0n) is 40.4. The molecule has 0 aliphatic rings. The van der Waals surface area contributed by atoms with Gasteiger partial charge in [0.25, 0.3) is 0 Å². The van der Waals surface area contributed by atoms with Crippen molar-refractivity contribution in [2.75, 3.05) is 0 Å². The molecule has 324 valence electrons. The maximum Gasteiger partial charge on any atom is 0.149 e. The Morgan fingerprint density at radius 3 is 1.92 bits per heavy atom. The van der Waals surface area contributed by atoms with Gasteiger partial charge in [-0.15, -0.1) is 0 Å². The highest BCUT2D eigenvalue weighted by molar-refractivity contribution is 5.97. The van der Waals surface area contributed by atoms with E-state index in [0.29, 0.717) is 11.4 Å². The first-order valence-corrected chi connectivity index (χ1v) is 22.7. The van der Waals surface area contributed by atoms with E-state index in [4.69, 9.17) is 9.97 Å². The SMILES string of the molecule is [2H]C(C)(C)c1cc(-n2c(-c3cc(C)cc(C)c3O)nc3c(-c4cc(-c5cc(-c6ccc(-c7ccccc7)cc6)ccn5)cc(C(C)(C)C)c4)cccc32)ccc1-c1ccccc1C(C)(C)C. The third-order valence-electron chi connectivity index (χ3n) is 12.7. The number of aromatic nitrogens is 3. The van der Waals surface area contributed by atoms with Crippen LogP contribution in [0.5, 0.6) is 5.75 Å². The normalized spacial score (nSPS) is 12.4. The van der Waals surface area contributed by atoms with Gasteiger partial charge < -0.3 is 5.11 Å². The number of phenols is 1. The summed E-state index contributed by atoms with van der Waals surface area (Å²) in [5, 5.41) is 11.8. The third kappa shape index (κ3) is 8.42. The fourth-order valence-corrected chi connectivity index (χ4v) is 9.21. The lowest BCUT2D eigenvalue weighted by Crippen LogP contribution is -2.13. The lowest BCUT2D eigenvalue weighted by molar-refractivity contribution is 0.472. The summed E-state index contributed by atoms with van der Waals surface area (Å²) in [5.74, 6) is -0.0905. The fraction of sp³-hybridized carbons (Fsp3) is 0.213. The molecule has 2 heterocycles. The lowest BCUT2D eigenvalue weighted by Gasteiger charge is -2.25. The van der Waals surface area contributed by atoms with E-state index in [1.54, 1.807) is 0 Å². The Morgan fingerprint density at radius 2 is 1.22 bits per heavy atom. The largest absolute Gasteiger partial charge is 0.507 e. The number of benzene rings is 7. The van der Waals surface area contributed by atoms with Crippen molar-refractivity contribution in [1.82, 2.24) is 14.5 Å². The Balaban J connectivity index is 1.24. The predicted octanol–water partition coefficient (Wildman–Crippen LogP) is 16.5. The van der Waals surface area contributed by atoms with Crippen LogP contribution in [0.3, 0.4) is 0 Å². The van der Waals surface area contributed by atoms with Gasteiger partial charge in [0, 0.05) is 24.4 Å². The molecule has 0 fully saturated rings. The van der Waals surface area contributed by atoms with E-state index < -0.39 is 5.89 Å². The maximum atomic E-state index is 11.8. The lowest BCUT2D eigenvalue weighted by atomic mass is 9.80. The van der Waals surface area contributed by atoms with E-state index in [-0.39, 0.29) is 16.6 Å². The van der Waals surface area contributed by atoms with Gasteiger partial charge in [-0.1, -0.05) is 165 Å². The van der Waals surface area contributed by atoms with Gasteiger partial charge in [0.2, 0.25) is 0 Å². The molecule has 0 amide bonds. The van der Waals surface area contributed by atoms with Crippen molar-refractivity contribution in [3.63, 3.8) is 0 Å². The molecule has 0 spiro atoms. The summed E-state index contributed by atoms with van der Waals surface area (Å²) >= 11 is 0. The second-order valence-corrected chi connectivity index (χ2v) is 19.9. The van der Waals surface area contributed by atoms with Crippen LogP contribution in [-0.2, 0) is 10.8 Å². The summed E-state index contributed by atoms with van der Waals surface area (Å²) in [6.45, 7) is 21.4. The minimum atomic E-state index is -0.930. The van der Waals surface area contributed by atoms with Crippen LogP contribution in [-0.4, -0.2) is 19.6 Å². The number of fused-ring (bicyclic) bond motifs is 1. The van der Waals surface area contributed by atoms with Gasteiger partial charge in [0.1, 0.15) is 11.6 Å². The van der Waals surface area contributed by atoms with Gasteiger partial charge >= 0.3 is 0 Å². The van der Waals surface area contributed by atoms with Crippen molar-refractivity contribution in [1.29, 1.82) is 0 Å². The smallest absolute Gasteiger partial charge is 0.149 e. The topological polar surface area (TPSA) is 50.9 Å². The quantitative estimate of drug-likeness (QED) is 0.166. The molecule has 0 aliphatic heterocycles. The number of nitrogens with zero attached hydrogens (tertiary/aromatic N) is 3. The predicted molar refractivity (Wildman–Crippen MR) is 274 cm³/mol. The zero-order chi connectivity index (χ0) is 46.7. The van der Waals surface area contributed by atoms with Crippen molar-refractivity contribution in [3.8, 4) is 78.6 Å². The van der Waals surface area contributed by atoms with Gasteiger partial charge in [0.05, 0.1) is 22.3 Å². The molecule has 0 aliphatic carbocycles. The van der Waals surface area contributed by atoms with Crippen molar-refractivity contribution in [3.05, 3.63) is 192 Å². The molecule has 9 rings (SSSR count). The molecule has 7 aromatic carbocycles. The fourth-order valence-electron chi connectivity index (χ4n) is 9.21. The average Bonchev–Trinajstić information content (AvgIpc) is 3.69. The minimum absolute atomic E-state index is 0.0957. The van der Waals surface area contributed by atoms with Crippen LogP contribution in [0, 0.1) is 13.8 Å². The number of hydrogen-bond donors (Lipinski definition) is 1. The molecule has 0 radical (unpaired) electrons. The van der Waals surface area contributed by atoms with Crippen LogP contribution in [0.25, 0.3) is 83.9 Å². The van der Waals surface area contributed by atoms with Gasteiger partial charge in [-0.3, -0.25) is 9.55 Å². The van der Waals surface area contributed by atoms with Gasteiger partial charge in [-0.05, 0) is 146 Å². The molecule has 0 unspecified atom stereocenters. The Bertz CT molecular complexity index is 3270. The van der Waals surface area contributed by atoms with E-state index in [2.05, 4.69) is 193 Å². The Kier molecular flexibility index (Phi) is 10.9. The first kappa shape index (κ1) is 41.9. The molecule has 4 heteroatoms. The van der Waals surface area contributed by atoms with Crippen molar-refractivity contribution >= 4 is 11.0 Å². The van der Waals surface area contributed by atoms with Crippen LogP contribution in [0.15, 0.2) is 164 Å². The van der Waals surface area contributed by atoms with E-state index >= 15 is 0 Å². The summed E-state index contributed by atoms with van der Waals surface area (Å²) < 4.78 is 11.7. The van der Waals surface area contributed by atoms with E-state index in [1.165, 1.54) is 22.3 Å². The van der Waals surface area contributed by atoms with Crippen LogP contribution < -0.4 is 0 Å². The summed E-state index contributed by atoms with van der Waals surface area (Å²) in [4.78, 5) is 10.5. The van der Waals surface area contributed by atoms with E-state index in [9.17, 15) is 6.48 Å². The Hall–Kier alpha value is -7.04. The van der Waals surface area contributed by atoms with Gasteiger partial charge in [-0.25, -0.2) is 4.98 Å². The number of hydrogen-bond acceptors (Lipinski definition) is 3.